The predicted molar refractivity (Wildman–Crippen MR) is 141 cm³/mol. The SMILES string of the molecule is CCOC(=O)C1=C(C)N=c2s/c(=C/c3ccc(OC)c([N+](=O)[O-])c3)c(=O)n2[C@H]1c1ccc(OC)c(Br)c1. The molecule has 0 saturated heterocycles. The summed E-state index contributed by atoms with van der Waals surface area (Å²) in [4.78, 5) is 42.5. The fourth-order valence-corrected chi connectivity index (χ4v) is 5.66. The number of methoxy groups -OCH3 is 2. The molecule has 0 unspecified atom stereocenters. The van der Waals surface area contributed by atoms with Crippen molar-refractivity contribution in [2.45, 2.75) is 19.9 Å². The highest BCUT2D eigenvalue weighted by molar-refractivity contribution is 9.10. The van der Waals surface area contributed by atoms with Crippen LogP contribution in [0.25, 0.3) is 6.08 Å². The van der Waals surface area contributed by atoms with Gasteiger partial charge in [-0.2, -0.15) is 0 Å². The normalized spacial score (nSPS) is 15.2. The summed E-state index contributed by atoms with van der Waals surface area (Å²) in [5, 5.41) is 11.4. The zero-order valence-corrected chi connectivity index (χ0v) is 22.7. The molecule has 1 atom stereocenters. The molecule has 0 radical (unpaired) electrons. The van der Waals surface area contributed by atoms with Crippen molar-refractivity contribution >= 4 is 45.0 Å². The summed E-state index contributed by atoms with van der Waals surface area (Å²) in [5.74, 6) is 0.139. The molecule has 0 bridgehead atoms. The van der Waals surface area contributed by atoms with Gasteiger partial charge in [0, 0.05) is 6.07 Å². The van der Waals surface area contributed by atoms with Crippen LogP contribution >= 0.6 is 27.3 Å². The Hall–Kier alpha value is -3.77. The molecule has 0 amide bonds. The zero-order valence-electron chi connectivity index (χ0n) is 20.3. The van der Waals surface area contributed by atoms with E-state index in [4.69, 9.17) is 14.2 Å². The highest BCUT2D eigenvalue weighted by atomic mass is 79.9. The van der Waals surface area contributed by atoms with Crippen LogP contribution in [0, 0.1) is 10.1 Å². The van der Waals surface area contributed by atoms with Crippen LogP contribution in [0.4, 0.5) is 5.69 Å². The van der Waals surface area contributed by atoms with Gasteiger partial charge in [0.2, 0.25) is 0 Å². The van der Waals surface area contributed by atoms with E-state index in [0.717, 1.165) is 11.3 Å². The topological polar surface area (TPSA) is 122 Å². The number of carbonyl (C=O) groups is 1. The van der Waals surface area contributed by atoms with Gasteiger partial charge in [-0.25, -0.2) is 9.79 Å². The first-order chi connectivity index (χ1) is 17.7. The minimum Gasteiger partial charge on any atom is -0.496 e. The number of hydrogen-bond acceptors (Lipinski definition) is 9. The zero-order chi connectivity index (χ0) is 26.9. The second-order valence-corrected chi connectivity index (χ2v) is 9.75. The van der Waals surface area contributed by atoms with E-state index in [1.807, 2.05) is 0 Å². The van der Waals surface area contributed by atoms with Crippen LogP contribution in [0.15, 0.2) is 61.9 Å². The van der Waals surface area contributed by atoms with Crippen molar-refractivity contribution in [2.75, 3.05) is 20.8 Å². The lowest BCUT2D eigenvalue weighted by atomic mass is 9.96. The average molecular weight is 588 g/mol. The molecule has 0 aliphatic carbocycles. The van der Waals surface area contributed by atoms with Crippen LogP contribution < -0.4 is 24.4 Å². The Kier molecular flexibility index (Phi) is 7.60. The Bertz CT molecular complexity index is 1620. The number of halogens is 1. The van der Waals surface area contributed by atoms with E-state index in [9.17, 15) is 19.7 Å². The van der Waals surface area contributed by atoms with E-state index in [1.54, 1.807) is 51.3 Å². The molecule has 0 saturated carbocycles. The fraction of sp³-hybridized carbons (Fsp3) is 0.240. The Morgan fingerprint density at radius 3 is 2.54 bits per heavy atom. The number of carbonyl (C=O) groups excluding carboxylic acids is 1. The molecule has 4 rings (SSSR count). The lowest BCUT2D eigenvalue weighted by molar-refractivity contribution is -0.385. The second-order valence-electron chi connectivity index (χ2n) is 7.88. The second kappa shape index (κ2) is 10.7. The summed E-state index contributed by atoms with van der Waals surface area (Å²) >= 11 is 4.60. The number of fused-ring (bicyclic) bond motifs is 1. The maximum absolute atomic E-state index is 13.7. The van der Waals surface area contributed by atoms with Crippen molar-refractivity contribution in [2.24, 2.45) is 4.99 Å². The fourth-order valence-electron chi connectivity index (χ4n) is 4.05. The molecule has 2 heterocycles. The number of hydrogen-bond donors (Lipinski definition) is 0. The van der Waals surface area contributed by atoms with Gasteiger partial charge in [-0.15, -0.1) is 0 Å². The van der Waals surface area contributed by atoms with E-state index in [2.05, 4.69) is 20.9 Å². The summed E-state index contributed by atoms with van der Waals surface area (Å²) in [7, 11) is 2.89. The average Bonchev–Trinajstić information content (AvgIpc) is 3.17. The monoisotopic (exact) mass is 587 g/mol. The predicted octanol–water partition coefficient (Wildman–Crippen LogP) is 3.49. The van der Waals surface area contributed by atoms with Gasteiger partial charge >= 0.3 is 11.7 Å². The van der Waals surface area contributed by atoms with Crippen LogP contribution in [0.1, 0.15) is 31.0 Å². The number of ether oxygens (including phenoxy) is 3. The molecule has 0 fully saturated rings. The summed E-state index contributed by atoms with van der Waals surface area (Å²) < 4.78 is 18.1. The van der Waals surface area contributed by atoms with Gasteiger partial charge in [-0.1, -0.05) is 23.5 Å². The Morgan fingerprint density at radius 1 is 1.22 bits per heavy atom. The van der Waals surface area contributed by atoms with Gasteiger partial charge in [0.15, 0.2) is 10.6 Å². The third-order valence-electron chi connectivity index (χ3n) is 5.71. The van der Waals surface area contributed by atoms with Crippen molar-refractivity contribution in [3.63, 3.8) is 0 Å². The van der Waals surface area contributed by atoms with Gasteiger partial charge < -0.3 is 14.2 Å². The molecule has 3 aromatic rings. The molecule has 37 heavy (non-hydrogen) atoms. The number of rotatable bonds is 7. The minimum atomic E-state index is -0.801. The number of aromatic nitrogens is 1. The Balaban J connectivity index is 1.95. The van der Waals surface area contributed by atoms with Crippen LogP contribution in [-0.2, 0) is 9.53 Å². The smallest absolute Gasteiger partial charge is 0.338 e. The highest BCUT2D eigenvalue weighted by Gasteiger charge is 2.33. The van der Waals surface area contributed by atoms with Crippen molar-refractivity contribution in [1.29, 1.82) is 0 Å². The van der Waals surface area contributed by atoms with Crippen molar-refractivity contribution < 1.29 is 23.9 Å². The summed E-state index contributed by atoms with van der Waals surface area (Å²) in [6.07, 6.45) is 1.56. The molecule has 1 aliphatic heterocycles. The standard InChI is InChI=1S/C25H22BrN3O7S/c1-5-36-24(31)21-13(2)27-25-28(22(21)15-7-9-18(34-3)16(26)12-15)23(30)20(37-25)11-14-6-8-19(35-4)17(10-14)29(32)33/h6-12,22H,5H2,1-4H3/b20-11+/t22-/m0/s1. The van der Waals surface area contributed by atoms with Gasteiger partial charge in [0.1, 0.15) is 5.75 Å². The van der Waals surface area contributed by atoms with E-state index < -0.39 is 22.5 Å². The highest BCUT2D eigenvalue weighted by Crippen LogP contribution is 2.35. The largest absolute Gasteiger partial charge is 0.496 e. The minimum absolute atomic E-state index is 0.114. The third kappa shape index (κ3) is 4.94. The lowest BCUT2D eigenvalue weighted by Gasteiger charge is -2.25. The van der Waals surface area contributed by atoms with E-state index in [-0.39, 0.29) is 23.6 Å². The van der Waals surface area contributed by atoms with Gasteiger partial charge in [0.05, 0.1) is 52.1 Å². The van der Waals surface area contributed by atoms with Gasteiger partial charge in [-0.3, -0.25) is 19.5 Å². The molecule has 1 aliphatic rings. The molecule has 0 N–H and O–H groups in total. The first-order valence-electron chi connectivity index (χ1n) is 11.1. The Labute approximate surface area is 223 Å². The molecule has 0 spiro atoms. The Morgan fingerprint density at radius 2 is 1.92 bits per heavy atom. The number of nitro groups is 1. The first kappa shape index (κ1) is 26.3. The van der Waals surface area contributed by atoms with Gasteiger partial charge in [-0.05, 0) is 65.2 Å². The van der Waals surface area contributed by atoms with E-state index in [1.165, 1.54) is 23.8 Å². The third-order valence-corrected chi connectivity index (χ3v) is 7.31. The molecule has 10 nitrogen and oxygen atoms in total. The quantitative estimate of drug-likeness (QED) is 0.235. The number of thiazole rings is 1. The molecule has 2 aromatic carbocycles. The molecule has 12 heteroatoms. The van der Waals surface area contributed by atoms with Crippen LogP contribution in [0.5, 0.6) is 11.5 Å². The molecule has 192 valence electrons. The van der Waals surface area contributed by atoms with Crippen molar-refractivity contribution in [1.82, 2.24) is 4.57 Å². The maximum atomic E-state index is 13.7. The first-order valence-corrected chi connectivity index (χ1v) is 12.7. The van der Waals surface area contributed by atoms with Gasteiger partial charge in [0.25, 0.3) is 5.56 Å². The number of benzene rings is 2. The summed E-state index contributed by atoms with van der Waals surface area (Å²) in [6.45, 7) is 3.56. The lowest BCUT2D eigenvalue weighted by Crippen LogP contribution is -2.39. The number of nitrogens with zero attached hydrogens (tertiary/aromatic N) is 3. The van der Waals surface area contributed by atoms with E-state index in [0.29, 0.717) is 36.4 Å². The van der Waals surface area contributed by atoms with Crippen LogP contribution in [0.3, 0.4) is 0 Å². The number of allylic oxidation sites excluding steroid dienone is 1. The van der Waals surface area contributed by atoms with Crippen molar-refractivity contribution in [3.05, 3.63) is 93.1 Å². The number of esters is 1. The maximum Gasteiger partial charge on any atom is 0.338 e. The van der Waals surface area contributed by atoms with E-state index >= 15 is 0 Å². The molecule has 1 aromatic heterocycles. The van der Waals surface area contributed by atoms with Crippen LogP contribution in [0.2, 0.25) is 0 Å². The van der Waals surface area contributed by atoms with Crippen LogP contribution in [-0.4, -0.2) is 36.3 Å². The molecular formula is C25H22BrN3O7S. The molecular weight excluding hydrogens is 566 g/mol. The summed E-state index contributed by atoms with van der Waals surface area (Å²) in [6, 6.07) is 8.93. The summed E-state index contributed by atoms with van der Waals surface area (Å²) in [5.41, 5.74) is 1.17. The number of nitro benzene ring substituents is 1. The van der Waals surface area contributed by atoms with Crippen molar-refractivity contribution in [3.8, 4) is 11.5 Å².